The fourth-order valence-electron chi connectivity index (χ4n) is 1.58. The normalized spacial score (nSPS) is 13.6. The molecular formula is C12H9NO2. The van der Waals surface area contributed by atoms with E-state index in [9.17, 15) is 9.59 Å². The van der Waals surface area contributed by atoms with Gasteiger partial charge in [0.2, 0.25) is 0 Å². The summed E-state index contributed by atoms with van der Waals surface area (Å²) in [6, 6.07) is 5.06. The maximum atomic E-state index is 11.6. The number of rotatable bonds is 0. The van der Waals surface area contributed by atoms with E-state index in [1.807, 2.05) is 0 Å². The fraction of sp³-hybridized carbons (Fsp3) is 0.167. The number of benzene rings is 1. The van der Waals surface area contributed by atoms with Crippen LogP contribution in [0.2, 0.25) is 0 Å². The molecule has 1 aromatic carbocycles. The average molecular weight is 199 g/mol. The van der Waals surface area contributed by atoms with E-state index in [2.05, 4.69) is 11.8 Å². The molecule has 0 bridgehead atoms. The van der Waals surface area contributed by atoms with E-state index in [1.54, 1.807) is 25.1 Å². The van der Waals surface area contributed by atoms with E-state index in [-0.39, 0.29) is 11.8 Å². The summed E-state index contributed by atoms with van der Waals surface area (Å²) in [5, 5.41) is 0. The largest absolute Gasteiger partial charge is 0.277 e. The fourth-order valence-corrected chi connectivity index (χ4v) is 1.58. The van der Waals surface area contributed by atoms with Gasteiger partial charge in [0.15, 0.2) is 0 Å². The molecule has 0 saturated carbocycles. The van der Waals surface area contributed by atoms with Crippen molar-refractivity contribution in [1.82, 2.24) is 4.90 Å². The monoisotopic (exact) mass is 199 g/mol. The second kappa shape index (κ2) is 3.25. The second-order valence-corrected chi connectivity index (χ2v) is 3.30. The van der Waals surface area contributed by atoms with Crippen molar-refractivity contribution < 1.29 is 9.59 Å². The van der Waals surface area contributed by atoms with Crippen LogP contribution in [0.1, 0.15) is 33.2 Å². The van der Waals surface area contributed by atoms with Crippen molar-refractivity contribution in [3.8, 4) is 11.8 Å². The molecule has 2 amide bonds. The third kappa shape index (κ3) is 1.31. The Balaban J connectivity index is 2.60. The van der Waals surface area contributed by atoms with E-state index in [0.717, 1.165) is 10.5 Å². The van der Waals surface area contributed by atoms with E-state index in [1.165, 1.54) is 7.05 Å². The van der Waals surface area contributed by atoms with Gasteiger partial charge >= 0.3 is 0 Å². The predicted molar refractivity (Wildman–Crippen MR) is 55.4 cm³/mol. The van der Waals surface area contributed by atoms with Crippen LogP contribution in [-0.4, -0.2) is 23.8 Å². The molecule has 1 aliphatic heterocycles. The molecule has 1 aliphatic rings. The summed E-state index contributed by atoms with van der Waals surface area (Å²) >= 11 is 0. The van der Waals surface area contributed by atoms with Crippen molar-refractivity contribution in [3.05, 3.63) is 34.9 Å². The summed E-state index contributed by atoms with van der Waals surface area (Å²) in [7, 11) is 1.48. The molecule has 0 aliphatic carbocycles. The average Bonchev–Trinajstić information content (AvgIpc) is 2.45. The van der Waals surface area contributed by atoms with Crippen LogP contribution >= 0.6 is 0 Å². The molecule has 3 nitrogen and oxygen atoms in total. The number of hydrogen-bond donors (Lipinski definition) is 0. The standard InChI is InChI=1S/C12H9NO2/c1-3-4-8-5-6-9-10(7-8)12(15)13(2)11(9)14/h5-7H,1-2H3. The van der Waals surface area contributed by atoms with Gasteiger partial charge in [0.25, 0.3) is 11.8 Å². The van der Waals surface area contributed by atoms with Crippen LogP contribution in [0.25, 0.3) is 0 Å². The Kier molecular flexibility index (Phi) is 2.05. The van der Waals surface area contributed by atoms with Crippen LogP contribution < -0.4 is 0 Å². The van der Waals surface area contributed by atoms with Gasteiger partial charge in [-0.2, -0.15) is 0 Å². The van der Waals surface area contributed by atoms with E-state index >= 15 is 0 Å². The lowest BCUT2D eigenvalue weighted by atomic mass is 10.1. The molecule has 0 unspecified atom stereocenters. The first-order chi connectivity index (χ1) is 7.15. The molecule has 1 heterocycles. The zero-order chi connectivity index (χ0) is 11.0. The quantitative estimate of drug-likeness (QED) is 0.466. The third-order valence-corrected chi connectivity index (χ3v) is 2.36. The molecule has 0 N–H and O–H groups in total. The van der Waals surface area contributed by atoms with E-state index in [0.29, 0.717) is 11.1 Å². The van der Waals surface area contributed by atoms with Crippen molar-refractivity contribution in [2.45, 2.75) is 6.92 Å². The van der Waals surface area contributed by atoms with Crippen LogP contribution in [0, 0.1) is 11.8 Å². The summed E-state index contributed by atoms with van der Waals surface area (Å²) in [6.45, 7) is 1.73. The molecule has 1 aromatic rings. The Hall–Kier alpha value is -2.08. The molecule has 15 heavy (non-hydrogen) atoms. The van der Waals surface area contributed by atoms with Gasteiger partial charge in [0, 0.05) is 12.6 Å². The summed E-state index contributed by atoms with van der Waals surface area (Å²) in [6.07, 6.45) is 0. The van der Waals surface area contributed by atoms with Gasteiger partial charge in [-0.05, 0) is 25.1 Å². The Morgan fingerprint density at radius 2 is 1.80 bits per heavy atom. The highest BCUT2D eigenvalue weighted by Gasteiger charge is 2.32. The van der Waals surface area contributed by atoms with E-state index < -0.39 is 0 Å². The van der Waals surface area contributed by atoms with Crippen LogP contribution in [0.3, 0.4) is 0 Å². The van der Waals surface area contributed by atoms with Crippen LogP contribution in [0.5, 0.6) is 0 Å². The Morgan fingerprint density at radius 1 is 1.13 bits per heavy atom. The van der Waals surface area contributed by atoms with Crippen LogP contribution in [0.15, 0.2) is 18.2 Å². The smallest absolute Gasteiger partial charge is 0.261 e. The number of amides is 2. The molecule has 0 saturated heterocycles. The molecule has 74 valence electrons. The van der Waals surface area contributed by atoms with Crippen molar-refractivity contribution in [3.63, 3.8) is 0 Å². The molecular weight excluding hydrogens is 190 g/mol. The first-order valence-corrected chi connectivity index (χ1v) is 4.54. The summed E-state index contributed by atoms with van der Waals surface area (Å²) in [5.74, 6) is 5.11. The lowest BCUT2D eigenvalue weighted by Crippen LogP contribution is -2.24. The lowest BCUT2D eigenvalue weighted by Gasteiger charge is -2.02. The molecule has 3 heteroatoms. The zero-order valence-electron chi connectivity index (χ0n) is 8.50. The SMILES string of the molecule is CC#Cc1ccc2c(c1)C(=O)N(C)C2=O. The highest BCUT2D eigenvalue weighted by atomic mass is 16.2. The number of nitrogens with zero attached hydrogens (tertiary/aromatic N) is 1. The maximum absolute atomic E-state index is 11.6. The highest BCUT2D eigenvalue weighted by molar-refractivity contribution is 6.21. The van der Waals surface area contributed by atoms with Crippen LogP contribution in [0.4, 0.5) is 0 Å². The van der Waals surface area contributed by atoms with Crippen molar-refractivity contribution in [1.29, 1.82) is 0 Å². The minimum Gasteiger partial charge on any atom is -0.277 e. The molecule has 0 atom stereocenters. The van der Waals surface area contributed by atoms with Crippen molar-refractivity contribution in [2.24, 2.45) is 0 Å². The Bertz CT molecular complexity index is 520. The number of hydrogen-bond acceptors (Lipinski definition) is 2. The Labute approximate surface area is 87.7 Å². The van der Waals surface area contributed by atoms with Gasteiger partial charge in [-0.3, -0.25) is 14.5 Å². The third-order valence-electron chi connectivity index (χ3n) is 2.36. The van der Waals surface area contributed by atoms with Gasteiger partial charge in [0.1, 0.15) is 0 Å². The Morgan fingerprint density at radius 3 is 2.47 bits per heavy atom. The number of fused-ring (bicyclic) bond motifs is 1. The molecule has 0 aromatic heterocycles. The summed E-state index contributed by atoms with van der Waals surface area (Å²) in [4.78, 5) is 24.3. The maximum Gasteiger partial charge on any atom is 0.261 e. The van der Waals surface area contributed by atoms with Gasteiger partial charge in [-0.1, -0.05) is 5.92 Å². The number of carbonyl (C=O) groups is 2. The summed E-state index contributed by atoms with van der Waals surface area (Å²) < 4.78 is 0. The minimum atomic E-state index is -0.255. The minimum absolute atomic E-state index is 0.244. The first-order valence-electron chi connectivity index (χ1n) is 4.54. The zero-order valence-corrected chi connectivity index (χ0v) is 8.50. The van der Waals surface area contributed by atoms with Gasteiger partial charge in [-0.25, -0.2) is 0 Å². The van der Waals surface area contributed by atoms with Crippen LogP contribution in [-0.2, 0) is 0 Å². The molecule has 0 radical (unpaired) electrons. The molecule has 0 fully saturated rings. The van der Waals surface area contributed by atoms with Crippen molar-refractivity contribution >= 4 is 11.8 Å². The second-order valence-electron chi connectivity index (χ2n) is 3.30. The molecule has 2 rings (SSSR count). The van der Waals surface area contributed by atoms with Gasteiger partial charge in [0.05, 0.1) is 11.1 Å². The number of imide groups is 1. The lowest BCUT2D eigenvalue weighted by molar-refractivity contribution is 0.0693. The van der Waals surface area contributed by atoms with Gasteiger partial charge in [-0.15, -0.1) is 5.92 Å². The predicted octanol–water partition coefficient (Wildman–Crippen LogP) is 1.28. The highest BCUT2D eigenvalue weighted by Crippen LogP contribution is 2.22. The number of carbonyl (C=O) groups excluding carboxylic acids is 2. The summed E-state index contributed by atoms with van der Waals surface area (Å²) in [5.41, 5.74) is 1.67. The van der Waals surface area contributed by atoms with Crippen molar-refractivity contribution in [2.75, 3.05) is 7.05 Å². The molecule has 0 spiro atoms. The first kappa shape index (κ1) is 9.47. The topological polar surface area (TPSA) is 37.4 Å². The van der Waals surface area contributed by atoms with E-state index in [4.69, 9.17) is 0 Å². The van der Waals surface area contributed by atoms with Gasteiger partial charge < -0.3 is 0 Å².